The standard InChI is InChI=1S/C33H37N5O5S.C24H31N5O3S.C8H4O3.2CH4/c1-8-38(25-13-14-29(22(4)17-25)36-37-32-31(35-7)23(5)30(18-34)44-32)19-26(20-43-21(2)3)41-15-16-42-33(40)28-12-10-9-11-27(28)24(6)39;1-8-29(14-20(31-12-11-30)15-32-16(2)3)19-9-10-21(17(4)13-19)27-28-24-22(25-6)18(5)23(26-7)33-24;9-7-5-3-1-2-4-6(5)8(10)11-7;;/h9-14,17,21,26H,8,15-16,19-20H2,1-6H3;9-10,13,16,20,30H,8,11-12,14-15H2,1-5H3;1-4H;2*1H4. The number of fused-ring (bicyclic) bond motifs is 1. The van der Waals surface area contributed by atoms with Crippen LogP contribution in [0.2, 0.25) is 0 Å². The number of rotatable bonds is 27. The first kappa shape index (κ1) is 75.4. The van der Waals surface area contributed by atoms with E-state index in [1.165, 1.54) is 18.3 Å². The Bertz CT molecular complexity index is 3610. The molecule has 0 amide bonds. The molecule has 21 nitrogen and oxygen atoms in total. The average molecular weight is 1270 g/mol. The molecule has 7 rings (SSSR count). The topological polar surface area (TPSA) is 237 Å². The minimum atomic E-state index is -0.567. The van der Waals surface area contributed by atoms with Gasteiger partial charge in [0.1, 0.15) is 22.7 Å². The van der Waals surface area contributed by atoms with E-state index in [-0.39, 0.29) is 77.0 Å². The van der Waals surface area contributed by atoms with Crippen LogP contribution in [0.1, 0.15) is 132 Å². The molecule has 1 N–H and O–H groups in total. The van der Waals surface area contributed by atoms with Crippen molar-refractivity contribution >= 4 is 95.5 Å². The molecular weight excluding hydrogens is 1180 g/mol. The van der Waals surface area contributed by atoms with Gasteiger partial charge in [-0.05, 0) is 146 Å². The van der Waals surface area contributed by atoms with E-state index in [0.29, 0.717) is 103 Å². The van der Waals surface area contributed by atoms with E-state index in [1.807, 2.05) is 77.9 Å². The van der Waals surface area contributed by atoms with Crippen LogP contribution in [0.3, 0.4) is 0 Å². The molecule has 23 heteroatoms. The zero-order valence-corrected chi connectivity index (χ0v) is 52.9. The lowest BCUT2D eigenvalue weighted by atomic mass is 10.0. The van der Waals surface area contributed by atoms with Gasteiger partial charge in [0.05, 0.1) is 110 Å². The van der Waals surface area contributed by atoms with E-state index in [0.717, 1.165) is 40.4 Å². The predicted octanol–water partition coefficient (Wildman–Crippen LogP) is 16.7. The molecule has 476 valence electrons. The molecule has 2 unspecified atom stereocenters. The summed E-state index contributed by atoms with van der Waals surface area (Å²) < 4.78 is 33.2. The second kappa shape index (κ2) is 37.8. The molecule has 2 aromatic heterocycles. The van der Waals surface area contributed by atoms with Crippen molar-refractivity contribution in [3.63, 3.8) is 0 Å². The summed E-state index contributed by atoms with van der Waals surface area (Å²) in [6, 6.07) is 27.0. The average Bonchev–Trinajstić information content (AvgIpc) is 1.72. The number of hydrogen-bond donors (Lipinski definition) is 1. The SMILES string of the molecule is C.C.O=C1OC(=O)c2ccccc21.[C-]#[N+]c1c(N=Nc2ccc(N(CC)CC(COC(C)C)OCCOC(=O)c3ccccc3C(C)=O)cc2C)sc(C#N)c1C.[C-]#[N+]c1sc(N=Nc2ccc(N(CC)CC(COC(C)C)OCCO)cc2C)c([N+]#[C-])c1C. The van der Waals surface area contributed by atoms with Crippen LogP contribution in [-0.2, 0) is 28.4 Å². The molecule has 0 bridgehead atoms. The Kier molecular flexibility index (Phi) is 31.7. The van der Waals surface area contributed by atoms with E-state index in [9.17, 15) is 24.4 Å². The van der Waals surface area contributed by atoms with Gasteiger partial charge in [0.15, 0.2) is 5.78 Å². The number of cyclic esters (lactones) is 2. The Labute approximate surface area is 537 Å². The lowest BCUT2D eigenvalue weighted by Gasteiger charge is -2.29. The quantitative estimate of drug-likeness (QED) is 0.0126. The highest BCUT2D eigenvalue weighted by Gasteiger charge is 2.28. The molecule has 2 atom stereocenters. The van der Waals surface area contributed by atoms with Gasteiger partial charge >= 0.3 is 17.9 Å². The highest BCUT2D eigenvalue weighted by molar-refractivity contribution is 7.20. The number of ether oxygens (including phenoxy) is 6. The summed E-state index contributed by atoms with van der Waals surface area (Å²) in [6.07, 6.45) is -0.342. The van der Waals surface area contributed by atoms with Crippen LogP contribution >= 0.6 is 22.7 Å². The van der Waals surface area contributed by atoms with E-state index in [1.54, 1.807) is 62.4 Å². The summed E-state index contributed by atoms with van der Waals surface area (Å²) >= 11 is 2.35. The van der Waals surface area contributed by atoms with Crippen molar-refractivity contribution < 1.29 is 52.7 Å². The molecule has 0 spiro atoms. The first-order valence-electron chi connectivity index (χ1n) is 28.3. The molecule has 0 radical (unpaired) electrons. The Hall–Kier alpha value is -8.88. The number of carbonyl (C=O) groups excluding carboxylic acids is 4. The second-order valence-corrected chi connectivity index (χ2v) is 22.2. The number of esters is 3. The van der Waals surface area contributed by atoms with Crippen molar-refractivity contribution in [1.29, 1.82) is 5.26 Å². The smallest absolute Gasteiger partial charge is 0.346 e. The summed E-state index contributed by atoms with van der Waals surface area (Å²) in [5.41, 5.74) is 8.51. The molecule has 1 aliphatic rings. The van der Waals surface area contributed by atoms with E-state index in [2.05, 4.69) is 69.4 Å². The van der Waals surface area contributed by atoms with Gasteiger partial charge in [-0.3, -0.25) is 4.79 Å². The van der Waals surface area contributed by atoms with Crippen LogP contribution < -0.4 is 9.80 Å². The highest BCUT2D eigenvalue weighted by Crippen LogP contribution is 2.47. The lowest BCUT2D eigenvalue weighted by molar-refractivity contribution is -0.0431. The van der Waals surface area contributed by atoms with Crippen molar-refractivity contribution in [2.75, 3.05) is 75.6 Å². The second-order valence-electron chi connectivity index (χ2n) is 20.2. The largest absolute Gasteiger partial charge is 0.460 e. The normalized spacial score (nSPS) is 12.0. The van der Waals surface area contributed by atoms with Crippen molar-refractivity contribution in [3.05, 3.63) is 169 Å². The number of aliphatic hydroxyl groups excluding tert-OH is 1. The van der Waals surface area contributed by atoms with Gasteiger partial charge in [0.2, 0.25) is 16.4 Å². The van der Waals surface area contributed by atoms with Gasteiger partial charge in [-0.15, -0.1) is 22.7 Å². The van der Waals surface area contributed by atoms with Crippen LogP contribution in [0.4, 0.5) is 49.1 Å². The van der Waals surface area contributed by atoms with Gasteiger partial charge < -0.3 is 43.3 Å². The molecule has 0 fully saturated rings. The van der Waals surface area contributed by atoms with Crippen molar-refractivity contribution in [3.8, 4) is 6.07 Å². The monoisotopic (exact) mass is 1260 g/mol. The van der Waals surface area contributed by atoms with Crippen molar-refractivity contribution in [2.45, 2.75) is 115 Å². The Morgan fingerprint density at radius 2 is 1.11 bits per heavy atom. The zero-order chi connectivity index (χ0) is 64.5. The fourth-order valence-electron chi connectivity index (χ4n) is 8.56. The maximum absolute atomic E-state index is 12.6. The predicted molar refractivity (Wildman–Crippen MR) is 353 cm³/mol. The maximum atomic E-state index is 12.6. The fraction of sp³-hybridized carbons (Fsp3) is 0.403. The number of Topliss-reactive ketones (excluding diaryl/α,β-unsaturated/α-hetero) is 1. The molecule has 4 aromatic carbocycles. The minimum Gasteiger partial charge on any atom is -0.460 e. The van der Waals surface area contributed by atoms with Gasteiger partial charge in [-0.2, -0.15) is 25.7 Å². The number of likely N-dealkylation sites (N-methyl/N-ethyl adjacent to an activating group) is 2. The van der Waals surface area contributed by atoms with Gasteiger partial charge in [0, 0.05) is 43.1 Å². The third-order valence-corrected chi connectivity index (χ3v) is 15.3. The molecular formula is C67H80N10O11S2. The third-order valence-electron chi connectivity index (χ3n) is 13.2. The number of azo groups is 2. The number of nitrogens with zero attached hydrogens (tertiary/aromatic N) is 10. The number of thiophene rings is 2. The van der Waals surface area contributed by atoms with Gasteiger partial charge in [-0.25, -0.2) is 28.9 Å². The number of nitriles is 1. The molecule has 0 saturated heterocycles. The summed E-state index contributed by atoms with van der Waals surface area (Å²) in [5, 5.41) is 37.1. The number of anilines is 2. The van der Waals surface area contributed by atoms with Crippen LogP contribution in [0, 0.1) is 58.7 Å². The summed E-state index contributed by atoms with van der Waals surface area (Å²) in [5.74, 6) is -1.87. The fourth-order valence-corrected chi connectivity index (χ4v) is 10.3. The minimum absolute atomic E-state index is 0. The highest BCUT2D eigenvalue weighted by atomic mass is 32.1. The third kappa shape index (κ3) is 21.4. The number of hydrogen-bond acceptors (Lipinski definition) is 20. The van der Waals surface area contributed by atoms with Crippen LogP contribution in [0.15, 0.2) is 105 Å². The molecule has 0 saturated carbocycles. The number of benzene rings is 4. The number of aliphatic hydroxyl groups is 1. The van der Waals surface area contributed by atoms with Crippen LogP contribution in [-0.4, -0.2) is 119 Å². The number of aryl methyl sites for hydroxylation is 2. The first-order valence-corrected chi connectivity index (χ1v) is 29.9. The van der Waals surface area contributed by atoms with Crippen molar-refractivity contribution in [1.82, 2.24) is 0 Å². The Morgan fingerprint density at radius 1 is 0.644 bits per heavy atom. The van der Waals surface area contributed by atoms with Crippen LogP contribution in [0.5, 0.6) is 0 Å². The molecule has 6 aromatic rings. The van der Waals surface area contributed by atoms with Crippen LogP contribution in [0.25, 0.3) is 14.5 Å². The van der Waals surface area contributed by atoms with Gasteiger partial charge in [-0.1, -0.05) is 52.1 Å². The Balaban J connectivity index is 0.000000402. The number of carbonyl (C=O) groups is 4. The first-order chi connectivity index (χ1) is 42.2. The van der Waals surface area contributed by atoms with E-state index < -0.39 is 17.9 Å². The summed E-state index contributed by atoms with van der Waals surface area (Å²) in [7, 11) is 0. The van der Waals surface area contributed by atoms with Crippen molar-refractivity contribution in [2.24, 2.45) is 20.5 Å². The Morgan fingerprint density at radius 3 is 1.54 bits per heavy atom. The lowest BCUT2D eigenvalue weighted by Crippen LogP contribution is -2.38. The summed E-state index contributed by atoms with van der Waals surface area (Å²) in [4.78, 5) is 61.4. The maximum Gasteiger partial charge on any atom is 0.346 e. The molecule has 1 aliphatic heterocycles. The zero-order valence-electron chi connectivity index (χ0n) is 51.3. The summed E-state index contributed by atoms with van der Waals surface area (Å²) in [6.45, 7) is 46.8. The van der Waals surface area contributed by atoms with E-state index in [4.69, 9.17) is 48.5 Å². The molecule has 0 aliphatic carbocycles. The van der Waals surface area contributed by atoms with E-state index >= 15 is 0 Å². The number of ketones is 1. The van der Waals surface area contributed by atoms with Gasteiger partial charge in [0.25, 0.3) is 0 Å². The molecule has 3 heterocycles. The molecule has 90 heavy (non-hydrogen) atoms.